The molecule has 0 unspecified atom stereocenters. The summed E-state index contributed by atoms with van der Waals surface area (Å²) >= 11 is -0.959. The fourth-order valence-electron chi connectivity index (χ4n) is 4.70. The van der Waals surface area contributed by atoms with E-state index in [0.717, 1.165) is 5.69 Å². The molecule has 1 atom stereocenters. The first-order valence-electron chi connectivity index (χ1n) is 12.6. The molecule has 3 heterocycles. The van der Waals surface area contributed by atoms with Crippen molar-refractivity contribution in [1.82, 2.24) is 15.0 Å². The Bertz CT molecular complexity index is 894. The second-order valence-corrected chi connectivity index (χ2v) is 14.7. The topological polar surface area (TPSA) is 79.5 Å². The van der Waals surface area contributed by atoms with Crippen molar-refractivity contribution >= 4 is 30.8 Å². The van der Waals surface area contributed by atoms with Crippen LogP contribution in [-0.4, -0.2) is 60.8 Å². The summed E-state index contributed by atoms with van der Waals surface area (Å²) in [6.45, 7) is 7.37. The van der Waals surface area contributed by atoms with Crippen molar-refractivity contribution in [2.75, 3.05) is 13.6 Å². The van der Waals surface area contributed by atoms with Crippen molar-refractivity contribution in [2.45, 2.75) is 94.0 Å². The van der Waals surface area contributed by atoms with Crippen LogP contribution in [-0.2, 0) is 10.4 Å². The molecule has 3 rings (SSSR count). The van der Waals surface area contributed by atoms with Gasteiger partial charge in [-0.1, -0.05) is 0 Å². The molecule has 0 aromatic carbocycles. The number of aromatic nitrogens is 2. The van der Waals surface area contributed by atoms with Gasteiger partial charge in [0, 0.05) is 0 Å². The molecule has 33 heavy (non-hydrogen) atoms. The number of rotatable bonds is 13. The number of pyridine rings is 1. The molecule has 0 bridgehead atoms. The van der Waals surface area contributed by atoms with Gasteiger partial charge in [-0.2, -0.15) is 0 Å². The number of likely N-dealkylation sites (N-methyl/N-ethyl adjacent to an activating group) is 1. The molecule has 0 aliphatic carbocycles. The predicted octanol–water partition coefficient (Wildman–Crippen LogP) is 4.85. The van der Waals surface area contributed by atoms with E-state index >= 15 is 0 Å². The normalized spacial score (nSPS) is 18.9. The predicted molar refractivity (Wildman–Crippen MR) is 133 cm³/mol. The van der Waals surface area contributed by atoms with E-state index in [2.05, 4.69) is 38.1 Å². The van der Waals surface area contributed by atoms with Crippen LogP contribution in [0.15, 0.2) is 28.8 Å². The van der Waals surface area contributed by atoms with Crippen LogP contribution in [0.5, 0.6) is 0 Å². The molecule has 1 fully saturated rings. The van der Waals surface area contributed by atoms with Gasteiger partial charge in [-0.25, -0.2) is 0 Å². The maximum atomic E-state index is 12.4. The molecule has 2 aromatic heterocycles. The van der Waals surface area contributed by atoms with E-state index in [4.69, 9.17) is 9.51 Å². The van der Waals surface area contributed by atoms with E-state index in [-0.39, 0.29) is 11.7 Å². The number of hydrogen-bond acceptors (Lipinski definition) is 5. The summed E-state index contributed by atoms with van der Waals surface area (Å²) in [4.78, 5) is 19.0. The van der Waals surface area contributed by atoms with E-state index in [1.54, 1.807) is 13.1 Å². The van der Waals surface area contributed by atoms with Crippen LogP contribution >= 0.6 is 0 Å². The Balaban J connectivity index is 1.84. The quantitative estimate of drug-likeness (QED) is 0.355. The molecule has 0 spiro atoms. The van der Waals surface area contributed by atoms with Crippen LogP contribution < -0.4 is 3.71 Å². The third kappa shape index (κ3) is 6.18. The Morgan fingerprint density at radius 3 is 2.27 bits per heavy atom. The Labute approximate surface area is 208 Å². The van der Waals surface area contributed by atoms with Gasteiger partial charge in [0.1, 0.15) is 0 Å². The van der Waals surface area contributed by atoms with Gasteiger partial charge in [-0.05, 0) is 0 Å². The van der Waals surface area contributed by atoms with Crippen molar-refractivity contribution in [1.29, 1.82) is 0 Å². The summed E-state index contributed by atoms with van der Waals surface area (Å²) in [7, 11) is 1.69. The van der Waals surface area contributed by atoms with Gasteiger partial charge in [0.2, 0.25) is 0 Å². The van der Waals surface area contributed by atoms with Crippen molar-refractivity contribution in [3.05, 3.63) is 30.0 Å². The van der Waals surface area contributed by atoms with Crippen molar-refractivity contribution in [3.63, 3.8) is 0 Å². The maximum absolute atomic E-state index is 12.4. The van der Waals surface area contributed by atoms with Crippen LogP contribution in [0.3, 0.4) is 0 Å². The molecule has 2 radical (unpaired) electrons. The summed E-state index contributed by atoms with van der Waals surface area (Å²) in [5, 5.41) is 15.1. The summed E-state index contributed by atoms with van der Waals surface area (Å²) in [6, 6.07) is 7.90. The van der Waals surface area contributed by atoms with Crippen LogP contribution in [0, 0.1) is 0 Å². The molecular formula is C26H39N3O3Sn. The molecule has 1 saturated heterocycles. The molecule has 180 valence electrons. The number of amides is 1. The average Bonchev–Trinajstić information content (AvgIpc) is 3.43. The van der Waals surface area contributed by atoms with Crippen molar-refractivity contribution in [3.8, 4) is 11.4 Å². The van der Waals surface area contributed by atoms with Gasteiger partial charge in [0.25, 0.3) is 0 Å². The average molecular weight is 560 g/mol. The Morgan fingerprint density at radius 1 is 1.09 bits per heavy atom. The third-order valence-corrected chi connectivity index (χ3v) is 12.0. The number of unbranched alkanes of at least 4 members (excludes halogenated alkanes) is 3. The van der Waals surface area contributed by atoms with Crippen molar-refractivity contribution in [2.24, 2.45) is 0 Å². The van der Waals surface area contributed by atoms with Crippen LogP contribution in [0.4, 0.5) is 0 Å². The molecule has 1 aliphatic rings. The number of carbonyl (C=O) groups excluding carboxylic acids is 1. The van der Waals surface area contributed by atoms with Gasteiger partial charge in [-0.3, -0.25) is 0 Å². The molecule has 6 nitrogen and oxygen atoms in total. The third-order valence-electron chi connectivity index (χ3n) is 6.86. The molecule has 1 amide bonds. The first-order valence-corrected chi connectivity index (χ1v) is 15.4. The van der Waals surface area contributed by atoms with Crippen LogP contribution in [0.1, 0.15) is 90.7 Å². The van der Waals surface area contributed by atoms with E-state index in [1.165, 1.54) is 66.4 Å². The molecule has 1 N–H and O–H groups in total. The van der Waals surface area contributed by atoms with Gasteiger partial charge < -0.3 is 0 Å². The molecule has 1 aliphatic heterocycles. The minimum absolute atomic E-state index is 0.210. The van der Waals surface area contributed by atoms with Gasteiger partial charge in [-0.15, -0.1) is 0 Å². The zero-order valence-electron chi connectivity index (χ0n) is 20.7. The second kappa shape index (κ2) is 11.8. The number of likely N-dealkylation sites (tertiary alicyclic amines) is 1. The summed E-state index contributed by atoms with van der Waals surface area (Å²) < 4.78 is 7.16. The summed E-state index contributed by atoms with van der Waals surface area (Å²) in [5.41, 5.74) is -0.270. The van der Waals surface area contributed by atoms with E-state index in [9.17, 15) is 9.90 Å². The monoisotopic (exact) mass is 561 g/mol. The SMILES string of the molecule is CCCC[C](CCCC)(CCCC)[Sn][c]1cccc(-c2cc([C@]3(O)CCN(C)C3=O)on2)n1. The molecule has 7 heteroatoms. The van der Waals surface area contributed by atoms with E-state index < -0.39 is 26.7 Å². The van der Waals surface area contributed by atoms with Gasteiger partial charge >= 0.3 is 209 Å². The number of nitrogens with zero attached hydrogens (tertiary/aromatic N) is 3. The Kier molecular flexibility index (Phi) is 9.39. The molecular weight excluding hydrogens is 521 g/mol. The van der Waals surface area contributed by atoms with Crippen molar-refractivity contribution < 1.29 is 14.4 Å². The molecule has 2 aromatic rings. The fourth-order valence-corrected chi connectivity index (χ4v) is 9.85. The number of hydrogen-bond donors (Lipinski definition) is 1. The standard InChI is InChI=1S/C13H12N3O3.C13H27.Sn/c1-16-7-5-13(18,12(16)17)11-8-10(15-19-11)9-4-2-3-6-14-9;1-4-7-10-13(11-8-5-2)12-9-6-3;/h2-4,8,18H,5,7H2,1H3;4-12H2,1-3H3;/t13-;;/m1../s1. The first-order chi connectivity index (χ1) is 15.9. The zero-order chi connectivity index (χ0) is 23.9. The van der Waals surface area contributed by atoms with Gasteiger partial charge in [0.05, 0.1) is 0 Å². The van der Waals surface area contributed by atoms with E-state index in [0.29, 0.717) is 22.1 Å². The molecule has 0 saturated carbocycles. The number of carbonyl (C=O) groups is 1. The Hall–Kier alpha value is -1.41. The first kappa shape index (κ1) is 26.2. The van der Waals surface area contributed by atoms with E-state index in [1.807, 2.05) is 6.07 Å². The fraction of sp³-hybridized carbons (Fsp3) is 0.654. The van der Waals surface area contributed by atoms with Crippen LogP contribution in [0.2, 0.25) is 3.43 Å². The number of aliphatic hydroxyl groups is 1. The Morgan fingerprint density at radius 2 is 1.73 bits per heavy atom. The zero-order valence-corrected chi connectivity index (χ0v) is 23.5. The summed E-state index contributed by atoms with van der Waals surface area (Å²) in [6.07, 6.45) is 11.9. The summed E-state index contributed by atoms with van der Waals surface area (Å²) in [5.74, 6) is -0.129. The van der Waals surface area contributed by atoms with Gasteiger partial charge in [0.15, 0.2) is 0 Å². The van der Waals surface area contributed by atoms with Crippen LogP contribution in [0.25, 0.3) is 11.4 Å². The minimum atomic E-state index is -1.62. The second-order valence-electron chi connectivity index (χ2n) is 9.54.